The zero-order valence-electron chi connectivity index (χ0n) is 13.0. The van der Waals surface area contributed by atoms with Gasteiger partial charge in [0.05, 0.1) is 7.11 Å². The van der Waals surface area contributed by atoms with E-state index in [1.165, 1.54) is 0 Å². The number of rotatable bonds is 6. The molecule has 6 nitrogen and oxygen atoms in total. The monoisotopic (exact) mass is 300 g/mol. The van der Waals surface area contributed by atoms with Crippen molar-refractivity contribution in [3.8, 4) is 5.88 Å². The molecule has 0 saturated carbocycles. The lowest BCUT2D eigenvalue weighted by molar-refractivity contribution is -0.118. The van der Waals surface area contributed by atoms with E-state index in [9.17, 15) is 4.79 Å². The summed E-state index contributed by atoms with van der Waals surface area (Å²) in [7, 11) is 1.56. The molecule has 0 aliphatic rings. The van der Waals surface area contributed by atoms with Crippen molar-refractivity contribution in [1.29, 1.82) is 0 Å². The number of methoxy groups -OCH3 is 1. The molecule has 22 heavy (non-hydrogen) atoms. The molecule has 0 radical (unpaired) electrons. The number of benzene rings is 1. The van der Waals surface area contributed by atoms with Gasteiger partial charge in [0.1, 0.15) is 0 Å². The van der Waals surface area contributed by atoms with Crippen LogP contribution in [0.2, 0.25) is 0 Å². The van der Waals surface area contributed by atoms with Crippen LogP contribution >= 0.6 is 0 Å². The van der Waals surface area contributed by atoms with Gasteiger partial charge >= 0.3 is 0 Å². The molecule has 1 heterocycles. The normalized spacial score (nSPS) is 10.4. The van der Waals surface area contributed by atoms with Crippen molar-refractivity contribution < 1.29 is 9.53 Å². The number of nitrogens with zero attached hydrogens (tertiary/aromatic N) is 2. The number of amides is 1. The topological polar surface area (TPSA) is 76.1 Å². The average Bonchev–Trinajstić information content (AvgIpc) is 2.53. The van der Waals surface area contributed by atoms with E-state index in [0.717, 1.165) is 11.3 Å². The summed E-state index contributed by atoms with van der Waals surface area (Å²) in [5, 5.41) is 6.00. The van der Waals surface area contributed by atoms with E-state index in [1.54, 1.807) is 19.4 Å². The van der Waals surface area contributed by atoms with E-state index >= 15 is 0 Å². The smallest absolute Gasteiger partial charge is 0.226 e. The lowest BCUT2D eigenvalue weighted by Crippen LogP contribution is -2.17. The molecular weight excluding hydrogens is 280 g/mol. The molecular formula is C16H20N4O2. The van der Waals surface area contributed by atoms with Crippen LogP contribution in [0.4, 0.5) is 11.6 Å². The van der Waals surface area contributed by atoms with Gasteiger partial charge in [-0.2, -0.15) is 4.98 Å². The number of anilines is 2. The maximum atomic E-state index is 11.7. The van der Waals surface area contributed by atoms with Crippen molar-refractivity contribution in [3.63, 3.8) is 0 Å². The van der Waals surface area contributed by atoms with Gasteiger partial charge in [-0.05, 0) is 17.7 Å². The third-order valence-electron chi connectivity index (χ3n) is 3.01. The van der Waals surface area contributed by atoms with E-state index < -0.39 is 0 Å². The number of ether oxygens (including phenoxy) is 1. The zero-order valence-corrected chi connectivity index (χ0v) is 13.0. The molecule has 1 aromatic carbocycles. The summed E-state index contributed by atoms with van der Waals surface area (Å²) in [5.74, 6) is 0.958. The molecule has 116 valence electrons. The Labute approximate surface area is 129 Å². The SMILES string of the molecule is COc1ccnc(NCc2cccc(NC(=O)C(C)C)c2)n1. The van der Waals surface area contributed by atoms with E-state index in [4.69, 9.17) is 4.74 Å². The van der Waals surface area contributed by atoms with E-state index in [2.05, 4.69) is 20.6 Å². The van der Waals surface area contributed by atoms with Crippen LogP contribution in [0.3, 0.4) is 0 Å². The minimum atomic E-state index is -0.0491. The first-order valence-electron chi connectivity index (χ1n) is 7.09. The fourth-order valence-corrected chi connectivity index (χ4v) is 1.77. The number of carbonyl (C=O) groups is 1. The van der Waals surface area contributed by atoms with Crippen LogP contribution in [0.25, 0.3) is 0 Å². The van der Waals surface area contributed by atoms with Crippen molar-refractivity contribution in [2.24, 2.45) is 5.92 Å². The predicted octanol–water partition coefficient (Wildman–Crippen LogP) is 2.69. The minimum Gasteiger partial charge on any atom is -0.481 e. The molecule has 0 aliphatic carbocycles. The van der Waals surface area contributed by atoms with Gasteiger partial charge in [0.2, 0.25) is 17.7 Å². The maximum Gasteiger partial charge on any atom is 0.226 e. The fraction of sp³-hybridized carbons (Fsp3) is 0.312. The number of nitrogens with one attached hydrogen (secondary N) is 2. The first-order chi connectivity index (χ1) is 10.6. The predicted molar refractivity (Wildman–Crippen MR) is 85.8 cm³/mol. The Morgan fingerprint density at radius 3 is 2.86 bits per heavy atom. The minimum absolute atomic E-state index is 0.00115. The van der Waals surface area contributed by atoms with Gasteiger partial charge < -0.3 is 15.4 Å². The van der Waals surface area contributed by atoms with Crippen molar-refractivity contribution in [3.05, 3.63) is 42.1 Å². The highest BCUT2D eigenvalue weighted by Gasteiger charge is 2.07. The third-order valence-corrected chi connectivity index (χ3v) is 3.01. The quantitative estimate of drug-likeness (QED) is 0.858. The second-order valence-corrected chi connectivity index (χ2v) is 5.12. The average molecular weight is 300 g/mol. The summed E-state index contributed by atoms with van der Waals surface area (Å²) in [6, 6.07) is 9.35. The number of hydrogen-bond acceptors (Lipinski definition) is 5. The van der Waals surface area contributed by atoms with Crippen molar-refractivity contribution in [1.82, 2.24) is 9.97 Å². The molecule has 2 aromatic rings. The second-order valence-electron chi connectivity index (χ2n) is 5.12. The van der Waals surface area contributed by atoms with Gasteiger partial charge in [0, 0.05) is 30.4 Å². The summed E-state index contributed by atoms with van der Waals surface area (Å²) in [6.07, 6.45) is 1.63. The zero-order chi connectivity index (χ0) is 15.9. The van der Waals surface area contributed by atoms with Gasteiger partial charge in [-0.1, -0.05) is 26.0 Å². The molecule has 0 fully saturated rings. The van der Waals surface area contributed by atoms with Crippen molar-refractivity contribution >= 4 is 17.5 Å². The molecule has 6 heteroatoms. The molecule has 1 aromatic heterocycles. The molecule has 0 atom stereocenters. The Hall–Kier alpha value is -2.63. The van der Waals surface area contributed by atoms with Gasteiger partial charge in [0.25, 0.3) is 0 Å². The Bertz CT molecular complexity index is 644. The van der Waals surface area contributed by atoms with E-state index in [0.29, 0.717) is 18.4 Å². The van der Waals surface area contributed by atoms with Crippen molar-refractivity contribution in [2.75, 3.05) is 17.7 Å². The summed E-state index contributed by atoms with van der Waals surface area (Å²) < 4.78 is 5.05. The Morgan fingerprint density at radius 2 is 2.14 bits per heavy atom. The highest BCUT2D eigenvalue weighted by molar-refractivity contribution is 5.92. The summed E-state index contributed by atoms with van der Waals surface area (Å²) in [6.45, 7) is 4.28. The molecule has 2 rings (SSSR count). The van der Waals surface area contributed by atoms with Crippen LogP contribution in [0.15, 0.2) is 36.5 Å². The first-order valence-corrected chi connectivity index (χ1v) is 7.09. The molecule has 1 amide bonds. The standard InChI is InChI=1S/C16H20N4O2/c1-11(2)15(21)19-13-6-4-5-12(9-13)10-18-16-17-8-7-14(20-16)22-3/h4-9,11H,10H2,1-3H3,(H,19,21)(H,17,18,20). The third kappa shape index (κ3) is 4.44. The number of aromatic nitrogens is 2. The lowest BCUT2D eigenvalue weighted by atomic mass is 10.1. The number of hydrogen-bond donors (Lipinski definition) is 2. The van der Waals surface area contributed by atoms with Crippen LogP contribution in [-0.4, -0.2) is 23.0 Å². The van der Waals surface area contributed by atoms with Gasteiger partial charge in [-0.25, -0.2) is 4.98 Å². The highest BCUT2D eigenvalue weighted by atomic mass is 16.5. The van der Waals surface area contributed by atoms with Crippen molar-refractivity contribution in [2.45, 2.75) is 20.4 Å². The first kappa shape index (κ1) is 15.8. The van der Waals surface area contributed by atoms with Crippen LogP contribution in [0.5, 0.6) is 5.88 Å². The van der Waals surface area contributed by atoms with Gasteiger partial charge in [-0.3, -0.25) is 4.79 Å². The summed E-state index contributed by atoms with van der Waals surface area (Å²) in [4.78, 5) is 20.0. The largest absolute Gasteiger partial charge is 0.481 e. The van der Waals surface area contributed by atoms with Crippen LogP contribution < -0.4 is 15.4 Å². The molecule has 0 aliphatic heterocycles. The summed E-state index contributed by atoms with van der Waals surface area (Å²) in [5.41, 5.74) is 1.80. The molecule has 2 N–H and O–H groups in total. The van der Waals surface area contributed by atoms with Crippen LogP contribution in [0, 0.1) is 5.92 Å². The highest BCUT2D eigenvalue weighted by Crippen LogP contribution is 2.14. The Kier molecular flexibility index (Phi) is 5.30. The van der Waals surface area contributed by atoms with E-state index in [1.807, 2.05) is 38.1 Å². The summed E-state index contributed by atoms with van der Waals surface area (Å²) >= 11 is 0. The van der Waals surface area contributed by atoms with Crippen LogP contribution in [-0.2, 0) is 11.3 Å². The second kappa shape index (κ2) is 7.40. The molecule has 0 spiro atoms. The molecule has 0 bridgehead atoms. The molecule has 0 saturated heterocycles. The van der Waals surface area contributed by atoms with Crippen LogP contribution in [0.1, 0.15) is 19.4 Å². The lowest BCUT2D eigenvalue weighted by Gasteiger charge is -2.10. The van der Waals surface area contributed by atoms with Gasteiger partial charge in [0.15, 0.2) is 0 Å². The Morgan fingerprint density at radius 1 is 1.32 bits per heavy atom. The fourth-order valence-electron chi connectivity index (χ4n) is 1.77. The Balaban J connectivity index is 1.99. The van der Waals surface area contributed by atoms with E-state index in [-0.39, 0.29) is 11.8 Å². The molecule has 0 unspecified atom stereocenters. The van der Waals surface area contributed by atoms with Gasteiger partial charge in [-0.15, -0.1) is 0 Å². The maximum absolute atomic E-state index is 11.7. The number of carbonyl (C=O) groups excluding carboxylic acids is 1.